The molecule has 0 saturated heterocycles. The summed E-state index contributed by atoms with van der Waals surface area (Å²) in [6.45, 7) is 0.0546. The van der Waals surface area contributed by atoms with Gasteiger partial charge in [0.15, 0.2) is 0 Å². The summed E-state index contributed by atoms with van der Waals surface area (Å²) in [7, 11) is 0. The summed E-state index contributed by atoms with van der Waals surface area (Å²) in [6, 6.07) is 13.7. The first-order valence-corrected chi connectivity index (χ1v) is 6.20. The summed E-state index contributed by atoms with van der Waals surface area (Å²) in [5.41, 5.74) is 7.37. The molecule has 0 bridgehead atoms. The second-order valence-corrected chi connectivity index (χ2v) is 4.50. The molecule has 5 heteroatoms. The molecule has 0 radical (unpaired) electrons. The smallest absolute Gasteiger partial charge is 0.342 e. The van der Waals surface area contributed by atoms with Crippen molar-refractivity contribution in [3.8, 4) is 6.07 Å². The predicted octanol–water partition coefficient (Wildman–Crippen LogP) is 3.15. The molecule has 0 fully saturated rings. The van der Waals surface area contributed by atoms with E-state index in [1.165, 1.54) is 0 Å². The fourth-order valence-corrected chi connectivity index (χ4v) is 1.97. The third-order valence-electron chi connectivity index (χ3n) is 2.68. The minimum absolute atomic E-state index is 0.0546. The van der Waals surface area contributed by atoms with Crippen molar-refractivity contribution in [3.05, 3.63) is 64.2 Å². The van der Waals surface area contributed by atoms with Gasteiger partial charge in [0.2, 0.25) is 0 Å². The number of nitriles is 1. The first-order chi connectivity index (χ1) is 9.61. The summed E-state index contributed by atoms with van der Waals surface area (Å²) in [4.78, 5) is 12.0. The van der Waals surface area contributed by atoms with Crippen LogP contribution in [0.25, 0.3) is 0 Å². The molecule has 20 heavy (non-hydrogen) atoms. The van der Waals surface area contributed by atoms with Crippen molar-refractivity contribution in [2.75, 3.05) is 5.73 Å². The van der Waals surface area contributed by atoms with Gasteiger partial charge in [-0.2, -0.15) is 5.26 Å². The van der Waals surface area contributed by atoms with Crippen molar-refractivity contribution in [3.63, 3.8) is 0 Å². The molecule has 0 heterocycles. The molecular formula is C15H11ClN2O2. The number of esters is 1. The van der Waals surface area contributed by atoms with Crippen molar-refractivity contribution in [1.82, 2.24) is 0 Å². The lowest BCUT2D eigenvalue weighted by molar-refractivity contribution is 0.0474. The van der Waals surface area contributed by atoms with Crippen molar-refractivity contribution >= 4 is 23.3 Å². The van der Waals surface area contributed by atoms with E-state index < -0.39 is 5.97 Å². The Morgan fingerprint density at radius 1 is 1.30 bits per heavy atom. The lowest BCUT2D eigenvalue weighted by Gasteiger charge is -2.08. The normalized spacial score (nSPS) is 9.80. The van der Waals surface area contributed by atoms with E-state index in [-0.39, 0.29) is 22.9 Å². The zero-order valence-electron chi connectivity index (χ0n) is 10.5. The molecule has 0 aliphatic carbocycles. The Kier molecular flexibility index (Phi) is 4.24. The predicted molar refractivity (Wildman–Crippen MR) is 76.1 cm³/mol. The molecule has 2 rings (SSSR count). The van der Waals surface area contributed by atoms with Crippen molar-refractivity contribution in [2.45, 2.75) is 6.61 Å². The van der Waals surface area contributed by atoms with Crippen LogP contribution in [-0.4, -0.2) is 5.97 Å². The van der Waals surface area contributed by atoms with E-state index in [0.29, 0.717) is 5.56 Å². The van der Waals surface area contributed by atoms with E-state index >= 15 is 0 Å². The van der Waals surface area contributed by atoms with Crippen LogP contribution in [0, 0.1) is 11.3 Å². The van der Waals surface area contributed by atoms with Crippen LogP contribution >= 0.6 is 11.6 Å². The van der Waals surface area contributed by atoms with Gasteiger partial charge in [-0.1, -0.05) is 29.8 Å². The van der Waals surface area contributed by atoms with E-state index in [4.69, 9.17) is 27.3 Å². The Bertz CT molecular complexity index is 672. The third-order valence-corrected chi connectivity index (χ3v) is 2.99. The van der Waals surface area contributed by atoms with Gasteiger partial charge in [0.1, 0.15) is 12.2 Å². The second-order valence-electron chi connectivity index (χ2n) is 4.09. The molecule has 2 N–H and O–H groups in total. The van der Waals surface area contributed by atoms with Gasteiger partial charge in [-0.05, 0) is 29.8 Å². The number of nitrogen functional groups attached to an aromatic ring is 1. The topological polar surface area (TPSA) is 76.1 Å². The van der Waals surface area contributed by atoms with Crippen LogP contribution in [0.5, 0.6) is 0 Å². The third kappa shape index (κ3) is 3.08. The van der Waals surface area contributed by atoms with Gasteiger partial charge in [0.05, 0.1) is 16.7 Å². The number of rotatable bonds is 3. The number of carbonyl (C=O) groups is 1. The molecule has 4 nitrogen and oxygen atoms in total. The Morgan fingerprint density at radius 3 is 2.75 bits per heavy atom. The second kappa shape index (κ2) is 6.09. The van der Waals surface area contributed by atoms with Gasteiger partial charge >= 0.3 is 5.97 Å². The lowest BCUT2D eigenvalue weighted by atomic mass is 10.1. The van der Waals surface area contributed by atoms with Crippen LogP contribution in [0.1, 0.15) is 21.5 Å². The molecule has 2 aromatic rings. The Labute approximate surface area is 121 Å². The molecule has 2 aromatic carbocycles. The number of carbonyl (C=O) groups excluding carboxylic acids is 1. The first-order valence-electron chi connectivity index (χ1n) is 5.82. The molecular weight excluding hydrogens is 276 g/mol. The molecule has 100 valence electrons. The number of halogens is 1. The molecule has 0 saturated carbocycles. The van der Waals surface area contributed by atoms with Crippen molar-refractivity contribution in [1.29, 1.82) is 5.26 Å². The number of anilines is 1. The zero-order chi connectivity index (χ0) is 14.5. The van der Waals surface area contributed by atoms with Crippen molar-refractivity contribution < 1.29 is 9.53 Å². The van der Waals surface area contributed by atoms with Crippen molar-refractivity contribution in [2.24, 2.45) is 0 Å². The largest absolute Gasteiger partial charge is 0.457 e. The highest BCUT2D eigenvalue weighted by Crippen LogP contribution is 2.23. The average Bonchev–Trinajstić information content (AvgIpc) is 2.45. The van der Waals surface area contributed by atoms with Gasteiger partial charge in [-0.3, -0.25) is 0 Å². The monoisotopic (exact) mass is 286 g/mol. The van der Waals surface area contributed by atoms with E-state index in [1.54, 1.807) is 42.5 Å². The van der Waals surface area contributed by atoms with Crippen LogP contribution in [0.15, 0.2) is 42.5 Å². The van der Waals surface area contributed by atoms with Crippen LogP contribution in [-0.2, 0) is 11.3 Å². The van der Waals surface area contributed by atoms with Gasteiger partial charge in [-0.25, -0.2) is 4.79 Å². The molecule has 0 aromatic heterocycles. The first kappa shape index (κ1) is 13.9. The summed E-state index contributed by atoms with van der Waals surface area (Å²) in [6.07, 6.45) is 0. The van der Waals surface area contributed by atoms with E-state index in [2.05, 4.69) is 0 Å². The van der Waals surface area contributed by atoms with Gasteiger partial charge in [0, 0.05) is 5.69 Å². The highest BCUT2D eigenvalue weighted by Gasteiger charge is 2.15. The lowest BCUT2D eigenvalue weighted by Crippen LogP contribution is -2.09. The summed E-state index contributed by atoms with van der Waals surface area (Å²) < 4.78 is 5.16. The van der Waals surface area contributed by atoms with Gasteiger partial charge < -0.3 is 10.5 Å². The minimum Gasteiger partial charge on any atom is -0.457 e. The van der Waals surface area contributed by atoms with E-state index in [0.717, 1.165) is 5.56 Å². The van der Waals surface area contributed by atoms with E-state index in [9.17, 15) is 4.79 Å². The Balaban J connectivity index is 2.11. The number of hydrogen-bond acceptors (Lipinski definition) is 4. The average molecular weight is 287 g/mol. The fourth-order valence-electron chi connectivity index (χ4n) is 1.71. The number of hydrogen-bond donors (Lipinski definition) is 1. The van der Waals surface area contributed by atoms with E-state index in [1.807, 2.05) is 6.07 Å². The number of ether oxygens (including phenoxy) is 1. The zero-order valence-corrected chi connectivity index (χ0v) is 11.2. The number of nitrogens with two attached hydrogens (primary N) is 1. The standard InChI is InChI=1S/C15H11ClN2O2/c16-12-5-2-6-13(18)14(12)15(19)20-9-11-4-1-3-10(7-11)8-17/h1-7H,9,18H2. The number of nitrogens with zero attached hydrogens (tertiary/aromatic N) is 1. The Morgan fingerprint density at radius 2 is 2.05 bits per heavy atom. The maximum atomic E-state index is 12.0. The van der Waals surface area contributed by atoms with Crippen LogP contribution in [0.4, 0.5) is 5.69 Å². The van der Waals surface area contributed by atoms with Crippen LogP contribution in [0.3, 0.4) is 0 Å². The number of benzene rings is 2. The van der Waals surface area contributed by atoms with Crippen LogP contribution < -0.4 is 5.73 Å². The molecule has 0 spiro atoms. The fraction of sp³-hybridized carbons (Fsp3) is 0.0667. The maximum absolute atomic E-state index is 12.0. The SMILES string of the molecule is N#Cc1cccc(COC(=O)c2c(N)cccc2Cl)c1. The molecule has 0 aliphatic rings. The van der Waals surface area contributed by atoms with Crippen LogP contribution in [0.2, 0.25) is 5.02 Å². The van der Waals surface area contributed by atoms with Gasteiger partial charge in [0.25, 0.3) is 0 Å². The molecule has 0 atom stereocenters. The minimum atomic E-state index is -0.588. The molecule has 0 aliphatic heterocycles. The Hall–Kier alpha value is -2.51. The highest BCUT2D eigenvalue weighted by molar-refractivity contribution is 6.34. The molecule has 0 unspecified atom stereocenters. The quantitative estimate of drug-likeness (QED) is 0.694. The summed E-state index contributed by atoms with van der Waals surface area (Å²) in [5.74, 6) is -0.588. The van der Waals surface area contributed by atoms with Gasteiger partial charge in [-0.15, -0.1) is 0 Å². The maximum Gasteiger partial charge on any atom is 0.342 e. The summed E-state index contributed by atoms with van der Waals surface area (Å²) >= 11 is 5.93. The summed E-state index contributed by atoms with van der Waals surface area (Å²) in [5, 5.41) is 9.05. The highest BCUT2D eigenvalue weighted by atomic mass is 35.5. The molecule has 0 amide bonds.